The molecule has 2 bridgehead atoms. The van der Waals surface area contributed by atoms with Crippen LogP contribution in [0.4, 0.5) is 0 Å². The third-order valence-corrected chi connectivity index (χ3v) is 10.3. The molecule has 9 heteroatoms. The van der Waals surface area contributed by atoms with Crippen LogP contribution in [0.25, 0.3) is 0 Å². The molecule has 8 nitrogen and oxygen atoms in total. The maximum Gasteiger partial charge on any atom is 0.303 e. The predicted molar refractivity (Wildman–Crippen MR) is 163 cm³/mol. The summed E-state index contributed by atoms with van der Waals surface area (Å²) in [6.45, 7) is 3.94. The molecule has 2 saturated heterocycles. The van der Waals surface area contributed by atoms with Gasteiger partial charge in [-0.25, -0.2) is 0 Å². The molecular formula is C32H62NO7P. The van der Waals surface area contributed by atoms with Crippen molar-refractivity contribution in [2.24, 2.45) is 0 Å². The largest absolute Gasteiger partial charge is 0.756 e. The number of ether oxygens (including phenoxy) is 2. The van der Waals surface area contributed by atoms with E-state index in [1.165, 1.54) is 96.8 Å². The Labute approximate surface area is 251 Å². The lowest BCUT2D eigenvalue weighted by molar-refractivity contribution is -0.931. The third kappa shape index (κ3) is 15.7. The van der Waals surface area contributed by atoms with Crippen LogP contribution >= 0.6 is 7.82 Å². The highest BCUT2D eigenvalue weighted by Gasteiger charge is 2.49. The smallest absolute Gasteiger partial charge is 0.303 e. The third-order valence-electron chi connectivity index (χ3n) is 9.26. The number of hydrogen-bond acceptors (Lipinski definition) is 7. The summed E-state index contributed by atoms with van der Waals surface area (Å²) in [5.41, 5.74) is 0. The van der Waals surface area contributed by atoms with Crippen molar-refractivity contribution in [3.05, 3.63) is 0 Å². The van der Waals surface area contributed by atoms with Crippen LogP contribution in [0.1, 0.15) is 142 Å². The number of piperidine rings is 1. The lowest BCUT2D eigenvalue weighted by atomic mass is 9.98. The number of esters is 1. The lowest BCUT2D eigenvalue weighted by Gasteiger charge is -2.45. The molecule has 0 N–H and O–H groups in total. The van der Waals surface area contributed by atoms with E-state index in [9.17, 15) is 14.3 Å². The maximum atomic E-state index is 12.5. The topological polar surface area (TPSA) is 94.1 Å². The number of rotatable bonds is 25. The molecule has 4 unspecified atom stereocenters. The second-order valence-corrected chi connectivity index (χ2v) is 14.4. The predicted octanol–water partition coefficient (Wildman–Crippen LogP) is 7.47. The normalized spacial score (nSPS) is 23.8. The van der Waals surface area contributed by atoms with Crippen molar-refractivity contribution in [1.29, 1.82) is 0 Å². The van der Waals surface area contributed by atoms with Crippen LogP contribution in [-0.4, -0.2) is 68.7 Å². The summed E-state index contributed by atoms with van der Waals surface area (Å²) in [6.07, 6.45) is 23.6. The Hall–Kier alpha value is -0.500. The minimum atomic E-state index is -4.51. The number of fused-ring (bicyclic) bond motifs is 2. The van der Waals surface area contributed by atoms with Gasteiger partial charge >= 0.3 is 5.97 Å². The van der Waals surface area contributed by atoms with Crippen molar-refractivity contribution in [3.8, 4) is 0 Å². The first-order valence-electron chi connectivity index (χ1n) is 16.9. The first-order chi connectivity index (χ1) is 19.6. The van der Waals surface area contributed by atoms with Crippen molar-refractivity contribution >= 4 is 13.8 Å². The summed E-state index contributed by atoms with van der Waals surface area (Å²) in [4.78, 5) is 24.0. The molecule has 2 aliphatic heterocycles. The summed E-state index contributed by atoms with van der Waals surface area (Å²) in [5, 5.41) is 0. The lowest BCUT2D eigenvalue weighted by Crippen LogP contribution is -2.56. The van der Waals surface area contributed by atoms with Gasteiger partial charge in [-0.15, -0.1) is 0 Å². The molecule has 4 atom stereocenters. The van der Waals surface area contributed by atoms with Crippen molar-refractivity contribution in [3.63, 3.8) is 0 Å². The fraction of sp³-hybridized carbons (Fsp3) is 0.969. The number of hydrogen-bond donors (Lipinski definition) is 0. The first kappa shape index (κ1) is 36.7. The zero-order valence-electron chi connectivity index (χ0n) is 26.8. The van der Waals surface area contributed by atoms with Gasteiger partial charge in [-0.05, 0) is 6.42 Å². The summed E-state index contributed by atoms with van der Waals surface area (Å²) in [5.74, 6) is -0.491. The Kier molecular flexibility index (Phi) is 18.3. The van der Waals surface area contributed by atoms with Gasteiger partial charge in [0.2, 0.25) is 0 Å². The van der Waals surface area contributed by atoms with Gasteiger partial charge in [-0.1, -0.05) is 103 Å². The average molecular weight is 604 g/mol. The zero-order chi connectivity index (χ0) is 30.0. The van der Waals surface area contributed by atoms with E-state index < -0.39 is 19.9 Å². The highest BCUT2D eigenvalue weighted by Crippen LogP contribution is 2.47. The summed E-state index contributed by atoms with van der Waals surface area (Å²) in [6, 6.07) is 0.843. The van der Waals surface area contributed by atoms with Crippen LogP contribution in [0.2, 0.25) is 0 Å². The van der Waals surface area contributed by atoms with Gasteiger partial charge in [-0.3, -0.25) is 9.36 Å². The average Bonchev–Trinajstić information content (AvgIpc) is 3.05. The minimum absolute atomic E-state index is 0.109. The molecule has 0 aromatic rings. The Morgan fingerprint density at radius 2 is 1.27 bits per heavy atom. The second-order valence-electron chi connectivity index (χ2n) is 13.1. The summed E-state index contributed by atoms with van der Waals surface area (Å²) < 4.78 is 35.0. The highest BCUT2D eigenvalue weighted by molar-refractivity contribution is 7.45. The molecule has 0 saturated carbocycles. The monoisotopic (exact) mass is 603 g/mol. The number of carbonyl (C=O) groups is 1. The van der Waals surface area contributed by atoms with Crippen LogP contribution in [0.15, 0.2) is 0 Å². The molecule has 0 amide bonds. The van der Waals surface area contributed by atoms with Gasteiger partial charge in [0.1, 0.15) is 6.10 Å². The van der Waals surface area contributed by atoms with Crippen molar-refractivity contribution in [2.45, 2.75) is 167 Å². The van der Waals surface area contributed by atoms with Crippen molar-refractivity contribution in [2.75, 3.05) is 33.9 Å². The second kappa shape index (κ2) is 20.5. The van der Waals surface area contributed by atoms with Crippen LogP contribution in [0.5, 0.6) is 0 Å². The van der Waals surface area contributed by atoms with Crippen LogP contribution < -0.4 is 4.89 Å². The number of quaternary nitrogens is 1. The highest BCUT2D eigenvalue weighted by atomic mass is 31.2. The van der Waals surface area contributed by atoms with E-state index in [2.05, 4.69) is 21.0 Å². The van der Waals surface area contributed by atoms with E-state index in [-0.39, 0.29) is 19.3 Å². The molecule has 0 aromatic carbocycles. The van der Waals surface area contributed by atoms with Crippen LogP contribution in [-0.2, 0) is 27.9 Å². The molecular weight excluding hydrogens is 541 g/mol. The molecule has 0 radical (unpaired) electrons. The van der Waals surface area contributed by atoms with Crippen LogP contribution in [0, 0.1) is 0 Å². The molecule has 2 heterocycles. The van der Waals surface area contributed by atoms with Gasteiger partial charge in [0.05, 0.1) is 45.5 Å². The molecule has 0 spiro atoms. The van der Waals surface area contributed by atoms with Crippen molar-refractivity contribution < 1.29 is 37.3 Å². The van der Waals surface area contributed by atoms with Gasteiger partial charge < -0.3 is 27.9 Å². The summed E-state index contributed by atoms with van der Waals surface area (Å²) in [7, 11) is -0.0721. The van der Waals surface area contributed by atoms with E-state index in [4.69, 9.17) is 18.5 Å². The Balaban J connectivity index is 1.46. The van der Waals surface area contributed by atoms with E-state index >= 15 is 0 Å². The Morgan fingerprint density at radius 1 is 0.805 bits per heavy atom. The molecule has 242 valence electrons. The fourth-order valence-electron chi connectivity index (χ4n) is 6.62. The standard InChI is InChI=1S/C32H62NO7P/c1-5-6-7-8-9-10-11-12-13-14-15-16-17-18-19-20-23-37-26-32(39-28(2)34)27-38-41(35,36)40-31-24-29-21-22-30(25-31)33(29,3)4/h29-32H,5-27H2,1-4H3. The van der Waals surface area contributed by atoms with E-state index in [1.54, 1.807) is 0 Å². The van der Waals surface area contributed by atoms with E-state index in [0.29, 0.717) is 18.7 Å². The first-order valence-corrected chi connectivity index (χ1v) is 18.3. The van der Waals surface area contributed by atoms with E-state index in [1.807, 2.05) is 0 Å². The van der Waals surface area contributed by atoms with Crippen molar-refractivity contribution in [1.82, 2.24) is 0 Å². The minimum Gasteiger partial charge on any atom is -0.756 e. The summed E-state index contributed by atoms with van der Waals surface area (Å²) >= 11 is 0. The van der Waals surface area contributed by atoms with Gasteiger partial charge in [-0.2, -0.15) is 0 Å². The quantitative estimate of drug-likeness (QED) is 0.0462. The zero-order valence-corrected chi connectivity index (χ0v) is 27.7. The molecule has 0 aromatic heterocycles. The number of carbonyl (C=O) groups excluding carboxylic acids is 1. The molecule has 2 rings (SSSR count). The van der Waals surface area contributed by atoms with Gasteiger partial charge in [0, 0.05) is 39.2 Å². The van der Waals surface area contributed by atoms with Crippen LogP contribution in [0.3, 0.4) is 0 Å². The number of phosphoric ester groups is 1. The SMILES string of the molecule is CCCCCCCCCCCCCCCCCCOCC(COP(=O)([O-])OC1CC2CCC(C1)[N+]2(C)C)OC(C)=O. The maximum absolute atomic E-state index is 12.5. The number of unbranched alkanes of at least 4 members (excludes halogenated alkanes) is 15. The number of nitrogens with zero attached hydrogens (tertiary/aromatic N) is 1. The molecule has 2 fully saturated rings. The Bertz CT molecular complexity index is 734. The van der Waals surface area contributed by atoms with E-state index in [0.717, 1.165) is 43.0 Å². The molecule has 2 aliphatic rings. The molecule has 41 heavy (non-hydrogen) atoms. The molecule has 0 aliphatic carbocycles. The fourth-order valence-corrected chi connectivity index (χ4v) is 7.57. The number of phosphoric acid groups is 1. The van der Waals surface area contributed by atoms with Gasteiger partial charge in [0.15, 0.2) is 0 Å². The Morgan fingerprint density at radius 3 is 1.73 bits per heavy atom. The van der Waals surface area contributed by atoms with Gasteiger partial charge in [0.25, 0.3) is 7.82 Å².